The van der Waals surface area contributed by atoms with Crippen molar-refractivity contribution >= 4 is 21.6 Å². The minimum atomic E-state index is -5.22. The van der Waals surface area contributed by atoms with Crippen LogP contribution in [0.1, 0.15) is 21.5 Å². The monoisotopic (exact) mass is 456 g/mol. The van der Waals surface area contributed by atoms with Crippen molar-refractivity contribution in [1.82, 2.24) is 5.32 Å². The molecule has 13 heteroatoms. The van der Waals surface area contributed by atoms with Crippen LogP contribution in [-0.4, -0.2) is 28.5 Å². The minimum Gasteiger partial charge on any atom is -0.497 e. The molecule has 0 heterocycles. The Kier molecular flexibility index (Phi) is 6.26. The highest BCUT2D eigenvalue weighted by Gasteiger charge is 2.38. The zero-order valence-electron chi connectivity index (χ0n) is 15.3. The molecule has 0 aliphatic rings. The molecule has 2 rings (SSSR count). The summed E-state index contributed by atoms with van der Waals surface area (Å²) in [6.45, 7) is 0. The minimum absolute atomic E-state index is 0.0701. The van der Waals surface area contributed by atoms with Gasteiger partial charge in [-0.3, -0.25) is 9.52 Å². The van der Waals surface area contributed by atoms with Gasteiger partial charge in [-0.05, 0) is 36.4 Å². The number of nitrogens with one attached hydrogen (secondary N) is 2. The van der Waals surface area contributed by atoms with Gasteiger partial charge in [0.2, 0.25) is 0 Å². The largest absolute Gasteiger partial charge is 0.497 e. The standard InChI is InChI=1S/C17H14F6N2O4S/c1-24-15(26)13-8-11(29-2)3-4-14(13)25-30(27,28)12-6-9(16(18,19)20)5-10(7-12)17(21,22)23/h3-8,25H,1-2H3,(H,24,26). The van der Waals surface area contributed by atoms with Crippen LogP contribution in [0.2, 0.25) is 0 Å². The van der Waals surface area contributed by atoms with E-state index in [9.17, 15) is 39.6 Å². The van der Waals surface area contributed by atoms with Gasteiger partial charge in [-0.1, -0.05) is 0 Å². The summed E-state index contributed by atoms with van der Waals surface area (Å²) in [6, 6.07) is 3.42. The molecular formula is C17H14F6N2O4S. The van der Waals surface area contributed by atoms with Crippen LogP contribution in [0.25, 0.3) is 0 Å². The Bertz CT molecular complexity index is 1030. The van der Waals surface area contributed by atoms with Crippen LogP contribution in [0.3, 0.4) is 0 Å². The summed E-state index contributed by atoms with van der Waals surface area (Å²) >= 11 is 0. The van der Waals surface area contributed by atoms with E-state index in [1.165, 1.54) is 20.2 Å². The number of benzene rings is 2. The van der Waals surface area contributed by atoms with E-state index in [-0.39, 0.29) is 35.2 Å². The molecule has 0 radical (unpaired) electrons. The van der Waals surface area contributed by atoms with Crippen molar-refractivity contribution in [2.45, 2.75) is 17.2 Å². The summed E-state index contributed by atoms with van der Waals surface area (Å²) in [5.74, 6) is -0.610. The van der Waals surface area contributed by atoms with Gasteiger partial charge in [-0.2, -0.15) is 26.3 Å². The maximum Gasteiger partial charge on any atom is 0.416 e. The summed E-state index contributed by atoms with van der Waals surface area (Å²) < 4.78 is 110. The lowest BCUT2D eigenvalue weighted by Gasteiger charge is -2.16. The number of methoxy groups -OCH3 is 1. The fraction of sp³-hybridized carbons (Fsp3) is 0.235. The normalized spacial score (nSPS) is 12.4. The molecule has 0 saturated heterocycles. The quantitative estimate of drug-likeness (QED) is 0.669. The second kappa shape index (κ2) is 8.05. The van der Waals surface area contributed by atoms with E-state index in [0.29, 0.717) is 0 Å². The van der Waals surface area contributed by atoms with Crippen molar-refractivity contribution in [2.24, 2.45) is 0 Å². The second-order valence-electron chi connectivity index (χ2n) is 5.84. The summed E-state index contributed by atoms with van der Waals surface area (Å²) in [5, 5.41) is 2.23. The predicted octanol–water partition coefficient (Wildman–Crippen LogP) is 3.89. The lowest BCUT2D eigenvalue weighted by Crippen LogP contribution is -2.22. The summed E-state index contributed by atoms with van der Waals surface area (Å²) in [5.41, 5.74) is -4.22. The van der Waals surface area contributed by atoms with Crippen molar-refractivity contribution < 1.29 is 44.3 Å². The van der Waals surface area contributed by atoms with Gasteiger partial charge in [0.15, 0.2) is 0 Å². The molecule has 0 aromatic heterocycles. The number of sulfonamides is 1. The summed E-state index contributed by atoms with van der Waals surface area (Å²) in [4.78, 5) is 10.7. The van der Waals surface area contributed by atoms with E-state index >= 15 is 0 Å². The molecule has 0 saturated carbocycles. The molecule has 0 spiro atoms. The molecule has 2 aromatic carbocycles. The average Bonchev–Trinajstić information content (AvgIpc) is 2.65. The van der Waals surface area contributed by atoms with Crippen molar-refractivity contribution in [3.63, 3.8) is 0 Å². The number of hydrogen-bond acceptors (Lipinski definition) is 4. The van der Waals surface area contributed by atoms with Crippen molar-refractivity contribution in [3.05, 3.63) is 53.1 Å². The highest BCUT2D eigenvalue weighted by atomic mass is 32.2. The zero-order valence-corrected chi connectivity index (χ0v) is 16.1. The van der Waals surface area contributed by atoms with Crippen LogP contribution in [0.15, 0.2) is 41.3 Å². The smallest absolute Gasteiger partial charge is 0.416 e. The summed E-state index contributed by atoms with van der Waals surface area (Å²) in [7, 11) is -2.42. The Morgan fingerprint density at radius 2 is 1.47 bits per heavy atom. The van der Waals surface area contributed by atoms with Gasteiger partial charge >= 0.3 is 12.4 Å². The maximum absolute atomic E-state index is 13.0. The number of anilines is 1. The van der Waals surface area contributed by atoms with E-state index in [1.807, 2.05) is 4.72 Å². The molecule has 0 aliphatic carbocycles. The number of hydrogen-bond donors (Lipinski definition) is 2. The SMILES string of the molecule is CNC(=O)c1cc(OC)ccc1NS(=O)(=O)c1cc(C(F)(F)F)cc(C(F)(F)F)c1. The van der Waals surface area contributed by atoms with Gasteiger partial charge in [-0.15, -0.1) is 0 Å². The number of amides is 1. The fourth-order valence-electron chi connectivity index (χ4n) is 2.35. The van der Waals surface area contributed by atoms with E-state index in [4.69, 9.17) is 4.74 Å². The number of halogens is 6. The molecular weight excluding hydrogens is 442 g/mol. The second-order valence-corrected chi connectivity index (χ2v) is 7.52. The first-order chi connectivity index (χ1) is 13.7. The molecule has 1 amide bonds. The third kappa shape index (κ3) is 5.14. The number of ether oxygens (including phenoxy) is 1. The van der Waals surface area contributed by atoms with Crippen LogP contribution >= 0.6 is 0 Å². The average molecular weight is 456 g/mol. The van der Waals surface area contributed by atoms with E-state index in [1.54, 1.807) is 0 Å². The lowest BCUT2D eigenvalue weighted by atomic mass is 10.1. The van der Waals surface area contributed by atoms with Crippen molar-refractivity contribution in [2.75, 3.05) is 18.9 Å². The Morgan fingerprint density at radius 1 is 0.933 bits per heavy atom. The molecule has 0 aliphatic heterocycles. The van der Waals surface area contributed by atoms with Crippen LogP contribution in [0.5, 0.6) is 5.75 Å². The third-order valence-electron chi connectivity index (χ3n) is 3.81. The van der Waals surface area contributed by atoms with Gasteiger partial charge in [0.05, 0.1) is 34.4 Å². The first kappa shape index (κ1) is 23.3. The molecule has 164 valence electrons. The number of carbonyl (C=O) groups excluding carboxylic acids is 1. The maximum atomic E-state index is 13.0. The number of carbonyl (C=O) groups is 1. The Labute approximate surface area is 166 Å². The molecule has 2 N–H and O–H groups in total. The third-order valence-corrected chi connectivity index (χ3v) is 5.16. The first-order valence-corrected chi connectivity index (χ1v) is 9.40. The molecule has 0 fully saturated rings. The van der Waals surface area contributed by atoms with Gasteiger partial charge in [0, 0.05) is 7.05 Å². The molecule has 0 atom stereocenters. The van der Waals surface area contributed by atoms with Crippen LogP contribution in [0.4, 0.5) is 32.0 Å². The molecule has 0 unspecified atom stereocenters. The van der Waals surface area contributed by atoms with Gasteiger partial charge in [0.1, 0.15) is 5.75 Å². The Balaban J connectivity index is 2.62. The fourth-order valence-corrected chi connectivity index (χ4v) is 3.50. The number of rotatable bonds is 5. The lowest BCUT2D eigenvalue weighted by molar-refractivity contribution is -0.143. The zero-order chi connectivity index (χ0) is 22.9. The first-order valence-electron chi connectivity index (χ1n) is 7.91. The van der Waals surface area contributed by atoms with Gasteiger partial charge < -0.3 is 10.1 Å². The van der Waals surface area contributed by atoms with Crippen molar-refractivity contribution in [3.8, 4) is 5.75 Å². The van der Waals surface area contributed by atoms with Crippen molar-refractivity contribution in [1.29, 1.82) is 0 Å². The molecule has 0 bridgehead atoms. The molecule has 30 heavy (non-hydrogen) atoms. The van der Waals surface area contributed by atoms with Crippen LogP contribution in [-0.2, 0) is 22.4 Å². The topological polar surface area (TPSA) is 84.5 Å². The van der Waals surface area contributed by atoms with E-state index in [2.05, 4.69) is 5.32 Å². The predicted molar refractivity (Wildman–Crippen MR) is 93.6 cm³/mol. The Morgan fingerprint density at radius 3 is 1.90 bits per heavy atom. The highest BCUT2D eigenvalue weighted by Crippen LogP contribution is 2.37. The van der Waals surface area contributed by atoms with E-state index in [0.717, 1.165) is 12.1 Å². The van der Waals surface area contributed by atoms with Gasteiger partial charge in [-0.25, -0.2) is 8.42 Å². The van der Waals surface area contributed by atoms with E-state index < -0.39 is 44.3 Å². The van der Waals surface area contributed by atoms with Crippen LogP contribution < -0.4 is 14.8 Å². The van der Waals surface area contributed by atoms with Crippen LogP contribution in [0, 0.1) is 0 Å². The van der Waals surface area contributed by atoms with Gasteiger partial charge in [0.25, 0.3) is 15.9 Å². The Hall–Kier alpha value is -2.96. The molecule has 2 aromatic rings. The molecule has 6 nitrogen and oxygen atoms in total. The summed E-state index contributed by atoms with van der Waals surface area (Å²) in [6.07, 6.45) is -10.4. The highest BCUT2D eigenvalue weighted by molar-refractivity contribution is 7.92. The number of alkyl halides is 6.